The molecule has 10 heteroatoms. The molecule has 2 rings (SSSR count). The second kappa shape index (κ2) is 11.6. The van der Waals surface area contributed by atoms with Crippen LogP contribution in [-0.2, 0) is 13.1 Å². The molecule has 0 aliphatic heterocycles. The van der Waals surface area contributed by atoms with E-state index in [2.05, 4.69) is 20.4 Å². The normalized spacial score (nSPS) is 10.8. The zero-order valence-corrected chi connectivity index (χ0v) is 17.8. The minimum atomic E-state index is -2.96. The molecular weight excluding hydrogens is 508 g/mol. The number of alkyl halides is 2. The molecule has 0 atom stereocenters. The number of ether oxygens (including phenoxy) is 1. The first-order valence-electron chi connectivity index (χ1n) is 7.79. The Morgan fingerprint density at radius 1 is 1.18 bits per heavy atom. The molecule has 0 amide bonds. The molecule has 0 heterocycles. The van der Waals surface area contributed by atoms with Gasteiger partial charge in [0.05, 0.1) is 11.6 Å². The van der Waals surface area contributed by atoms with E-state index in [9.17, 15) is 13.2 Å². The van der Waals surface area contributed by atoms with Gasteiger partial charge in [-0.15, -0.1) is 24.0 Å². The zero-order valence-electron chi connectivity index (χ0n) is 14.7. The topological polar surface area (TPSA) is 69.4 Å². The summed E-state index contributed by atoms with van der Waals surface area (Å²) >= 11 is 5.90. The van der Waals surface area contributed by atoms with E-state index >= 15 is 0 Å². The Labute approximate surface area is 182 Å². The van der Waals surface area contributed by atoms with Gasteiger partial charge >= 0.3 is 6.61 Å². The van der Waals surface area contributed by atoms with Crippen LogP contribution in [0.4, 0.5) is 13.2 Å². The molecule has 28 heavy (non-hydrogen) atoms. The Morgan fingerprint density at radius 3 is 2.43 bits per heavy atom. The van der Waals surface area contributed by atoms with Crippen molar-refractivity contribution in [3.05, 3.63) is 63.9 Å². The third kappa shape index (κ3) is 7.09. The molecule has 0 aliphatic rings. The average molecular weight is 525 g/mol. The van der Waals surface area contributed by atoms with E-state index in [0.717, 1.165) is 6.07 Å². The molecule has 0 fully saturated rings. The lowest BCUT2D eigenvalue weighted by molar-refractivity contribution is -0.0504. The van der Waals surface area contributed by atoms with Gasteiger partial charge in [0.1, 0.15) is 11.6 Å². The van der Waals surface area contributed by atoms with Gasteiger partial charge in [-0.2, -0.15) is 14.0 Å². The fourth-order valence-corrected chi connectivity index (χ4v) is 2.43. The van der Waals surface area contributed by atoms with Crippen LogP contribution in [0.5, 0.6) is 5.75 Å². The molecule has 5 nitrogen and oxygen atoms in total. The van der Waals surface area contributed by atoms with Gasteiger partial charge in [-0.25, -0.2) is 4.39 Å². The van der Waals surface area contributed by atoms with E-state index in [0.29, 0.717) is 22.1 Å². The Kier molecular flexibility index (Phi) is 9.89. The maximum absolute atomic E-state index is 13.9. The summed E-state index contributed by atoms with van der Waals surface area (Å²) in [5, 5.41) is 14.9. The fourth-order valence-electron chi connectivity index (χ4n) is 2.24. The van der Waals surface area contributed by atoms with Gasteiger partial charge in [-0.1, -0.05) is 17.7 Å². The smallest absolute Gasteiger partial charge is 0.387 e. The Morgan fingerprint density at radius 2 is 1.86 bits per heavy atom. The van der Waals surface area contributed by atoms with E-state index in [1.165, 1.54) is 37.4 Å². The first-order valence-corrected chi connectivity index (χ1v) is 8.17. The van der Waals surface area contributed by atoms with Crippen molar-refractivity contribution in [3.63, 3.8) is 0 Å². The van der Waals surface area contributed by atoms with Crippen LogP contribution in [0.15, 0.2) is 41.4 Å². The van der Waals surface area contributed by atoms with E-state index in [1.54, 1.807) is 0 Å². The van der Waals surface area contributed by atoms with Crippen molar-refractivity contribution in [2.45, 2.75) is 19.7 Å². The number of nitrogens with zero attached hydrogens (tertiary/aromatic N) is 2. The summed E-state index contributed by atoms with van der Waals surface area (Å²) in [6.07, 6.45) is 0. The summed E-state index contributed by atoms with van der Waals surface area (Å²) in [4.78, 5) is 3.99. The van der Waals surface area contributed by atoms with Crippen LogP contribution in [0.25, 0.3) is 0 Å². The van der Waals surface area contributed by atoms with Crippen molar-refractivity contribution in [3.8, 4) is 11.8 Å². The predicted molar refractivity (Wildman–Crippen MR) is 112 cm³/mol. The van der Waals surface area contributed by atoms with Gasteiger partial charge in [0, 0.05) is 36.3 Å². The summed E-state index contributed by atoms with van der Waals surface area (Å²) in [5.74, 6) is -0.198. The number of nitrogens with one attached hydrogen (secondary N) is 2. The second-order valence-corrected chi connectivity index (χ2v) is 5.76. The Hall–Kier alpha value is -2.19. The monoisotopic (exact) mass is 524 g/mol. The van der Waals surface area contributed by atoms with E-state index < -0.39 is 12.4 Å². The molecule has 0 aliphatic carbocycles. The third-order valence-corrected chi connectivity index (χ3v) is 3.77. The lowest BCUT2D eigenvalue weighted by Crippen LogP contribution is -2.36. The van der Waals surface area contributed by atoms with Crippen LogP contribution in [0.2, 0.25) is 5.02 Å². The molecule has 0 radical (unpaired) electrons. The Balaban J connectivity index is 0.00000392. The van der Waals surface area contributed by atoms with Crippen molar-refractivity contribution in [2.75, 3.05) is 7.05 Å². The SMILES string of the molecule is CN=C(NCc1ccc(C#N)cc1F)NCc1cc(Cl)ccc1OC(F)F.I. The molecule has 0 bridgehead atoms. The number of hydrogen-bond donors (Lipinski definition) is 2. The van der Waals surface area contributed by atoms with Crippen LogP contribution in [0, 0.1) is 17.1 Å². The quantitative estimate of drug-likeness (QED) is 0.333. The Bertz CT molecular complexity index is 874. The third-order valence-electron chi connectivity index (χ3n) is 3.54. The van der Waals surface area contributed by atoms with E-state index in [4.69, 9.17) is 16.9 Å². The standard InChI is InChI=1S/C18H16ClF3N4O.HI/c1-24-18(25-9-12-3-2-11(8-23)6-15(12)20)26-10-13-7-14(19)4-5-16(13)27-17(21)22;/h2-7,17H,9-10H2,1H3,(H2,24,25,26);1H. The lowest BCUT2D eigenvalue weighted by Gasteiger charge is -2.15. The summed E-state index contributed by atoms with van der Waals surface area (Å²) < 4.78 is 43.4. The highest BCUT2D eigenvalue weighted by molar-refractivity contribution is 14.0. The van der Waals surface area contributed by atoms with Gasteiger partial charge in [-0.05, 0) is 30.3 Å². The van der Waals surface area contributed by atoms with Gasteiger partial charge in [0.2, 0.25) is 0 Å². The molecule has 0 unspecified atom stereocenters. The average Bonchev–Trinajstić information content (AvgIpc) is 2.64. The first kappa shape index (κ1) is 23.8. The largest absolute Gasteiger partial charge is 0.434 e. The summed E-state index contributed by atoms with van der Waals surface area (Å²) in [6.45, 7) is -2.73. The molecule has 150 valence electrons. The molecule has 0 saturated carbocycles. The molecule has 2 aromatic rings. The molecule has 0 spiro atoms. The summed E-state index contributed by atoms with van der Waals surface area (Å²) in [6, 6.07) is 10.3. The fraction of sp³-hybridized carbons (Fsp3) is 0.222. The number of rotatable bonds is 6. The first-order chi connectivity index (χ1) is 12.9. The van der Waals surface area contributed by atoms with Crippen LogP contribution in [0.1, 0.15) is 16.7 Å². The van der Waals surface area contributed by atoms with Gasteiger partial charge in [0.25, 0.3) is 0 Å². The number of nitriles is 1. The lowest BCUT2D eigenvalue weighted by atomic mass is 10.1. The van der Waals surface area contributed by atoms with Crippen LogP contribution >= 0.6 is 35.6 Å². The van der Waals surface area contributed by atoms with Gasteiger partial charge in [-0.3, -0.25) is 4.99 Å². The number of aliphatic imine (C=N–C) groups is 1. The van der Waals surface area contributed by atoms with Crippen molar-refractivity contribution in [1.82, 2.24) is 10.6 Å². The number of hydrogen-bond acceptors (Lipinski definition) is 3. The highest BCUT2D eigenvalue weighted by Crippen LogP contribution is 2.24. The maximum Gasteiger partial charge on any atom is 0.387 e. The van der Waals surface area contributed by atoms with Crippen LogP contribution in [-0.4, -0.2) is 19.6 Å². The minimum absolute atomic E-state index is 0. The number of guanidine groups is 1. The molecule has 2 aromatic carbocycles. The number of benzene rings is 2. The number of halogens is 5. The van der Waals surface area contributed by atoms with Crippen LogP contribution < -0.4 is 15.4 Å². The predicted octanol–water partition coefficient (Wildman–Crippen LogP) is 4.44. The molecule has 0 aromatic heterocycles. The highest BCUT2D eigenvalue weighted by Gasteiger charge is 2.11. The zero-order chi connectivity index (χ0) is 19.8. The maximum atomic E-state index is 13.9. The second-order valence-electron chi connectivity index (χ2n) is 5.33. The highest BCUT2D eigenvalue weighted by atomic mass is 127. The van der Waals surface area contributed by atoms with Crippen molar-refractivity contribution in [2.24, 2.45) is 4.99 Å². The molecule has 2 N–H and O–H groups in total. The molecule has 0 saturated heterocycles. The van der Waals surface area contributed by atoms with Gasteiger partial charge < -0.3 is 15.4 Å². The van der Waals surface area contributed by atoms with E-state index in [-0.39, 0.29) is 48.4 Å². The minimum Gasteiger partial charge on any atom is -0.434 e. The molecular formula is C18H17ClF3IN4O. The van der Waals surface area contributed by atoms with Crippen molar-refractivity contribution >= 4 is 41.5 Å². The van der Waals surface area contributed by atoms with E-state index in [1.807, 2.05) is 6.07 Å². The summed E-state index contributed by atoms with van der Waals surface area (Å²) in [5.41, 5.74) is 0.989. The summed E-state index contributed by atoms with van der Waals surface area (Å²) in [7, 11) is 1.51. The van der Waals surface area contributed by atoms with Gasteiger partial charge in [0.15, 0.2) is 5.96 Å². The van der Waals surface area contributed by atoms with Crippen molar-refractivity contribution < 1.29 is 17.9 Å². The van der Waals surface area contributed by atoms with Crippen molar-refractivity contribution in [1.29, 1.82) is 5.26 Å². The van der Waals surface area contributed by atoms with Crippen LogP contribution in [0.3, 0.4) is 0 Å².